The summed E-state index contributed by atoms with van der Waals surface area (Å²) in [6, 6.07) is 20.6. The zero-order valence-electron chi connectivity index (χ0n) is 28.9. The standard InChI is InChI=1S/C38H58N2O4S4/c1-45-47(31-35-21-13-11-14-22-35)37(43)25-19-29-39(33-41)27-17-9-7-5-3-4-6-8-10-18-28-40(34-42)30-20-26-38(44)48(46-2)32-36-23-15-12-16-24-36/h11-16,19-24,29-30,33-34,37-38,43-44H,3-10,17-18,25-28,31-32H2,1-2H3/q+2. The third kappa shape index (κ3) is 19.4. The Morgan fingerprint density at radius 2 is 0.917 bits per heavy atom. The van der Waals surface area contributed by atoms with E-state index < -0.39 is 10.9 Å². The predicted octanol–water partition coefficient (Wildman–Crippen LogP) is 8.44. The van der Waals surface area contributed by atoms with Gasteiger partial charge in [-0.3, -0.25) is 9.59 Å². The number of hydrogen-bond acceptors (Lipinski definition) is 6. The van der Waals surface area contributed by atoms with E-state index in [2.05, 4.69) is 24.3 Å². The SMILES string of the molecule is CS[S+](Cc1ccccc1)C(O)CC=CN(C=O)CCCCCCCCCCCCN(C=O)C=CCC(O)[S+](Cc1ccccc1)SC. The summed E-state index contributed by atoms with van der Waals surface area (Å²) in [6.07, 6.45) is 26.0. The number of unbranched alkanes of at least 4 members (excludes halogenated alkanes) is 9. The quantitative estimate of drug-likeness (QED) is 0.0378. The number of benzene rings is 2. The Balaban J connectivity index is 1.47. The Labute approximate surface area is 303 Å². The van der Waals surface area contributed by atoms with Crippen LogP contribution in [0.25, 0.3) is 0 Å². The van der Waals surface area contributed by atoms with Crippen LogP contribution in [0.1, 0.15) is 88.2 Å². The van der Waals surface area contributed by atoms with Crippen LogP contribution < -0.4 is 0 Å². The molecular formula is C38H58N2O4S4+2. The van der Waals surface area contributed by atoms with Gasteiger partial charge in [0.05, 0.1) is 41.4 Å². The molecule has 0 heterocycles. The lowest BCUT2D eigenvalue weighted by Gasteiger charge is -2.13. The molecule has 0 saturated heterocycles. The highest BCUT2D eigenvalue weighted by Gasteiger charge is 2.29. The summed E-state index contributed by atoms with van der Waals surface area (Å²) < 4.78 is 0. The van der Waals surface area contributed by atoms with E-state index in [-0.39, 0.29) is 19.9 Å². The van der Waals surface area contributed by atoms with Gasteiger partial charge in [0.1, 0.15) is 11.5 Å². The topological polar surface area (TPSA) is 81.1 Å². The lowest BCUT2D eigenvalue weighted by atomic mass is 10.1. The van der Waals surface area contributed by atoms with Gasteiger partial charge in [-0.2, -0.15) is 0 Å². The van der Waals surface area contributed by atoms with Gasteiger partial charge in [-0.05, 0) is 12.8 Å². The number of hydrogen-bond donors (Lipinski definition) is 2. The van der Waals surface area contributed by atoms with E-state index in [1.807, 2.05) is 73.5 Å². The smallest absolute Gasteiger partial charge is 0.231 e. The molecule has 2 N–H and O–H groups in total. The fraction of sp³-hybridized carbons (Fsp3) is 0.526. The van der Waals surface area contributed by atoms with Crippen LogP contribution in [0.3, 0.4) is 0 Å². The lowest BCUT2D eigenvalue weighted by Crippen LogP contribution is -2.20. The maximum absolute atomic E-state index is 11.5. The van der Waals surface area contributed by atoms with Crippen LogP contribution in [0.4, 0.5) is 0 Å². The molecule has 266 valence electrons. The predicted molar refractivity (Wildman–Crippen MR) is 213 cm³/mol. The Kier molecular flexibility index (Phi) is 24.7. The van der Waals surface area contributed by atoms with Crippen LogP contribution in [-0.4, -0.2) is 69.3 Å². The molecule has 0 aliphatic rings. The molecule has 0 bridgehead atoms. The van der Waals surface area contributed by atoms with Crippen LogP contribution >= 0.6 is 21.6 Å². The van der Waals surface area contributed by atoms with Crippen LogP contribution in [-0.2, 0) is 40.9 Å². The molecule has 2 aromatic rings. The number of aliphatic hydroxyl groups excluding tert-OH is 2. The minimum Gasteiger partial charge on any atom is -0.348 e. The maximum atomic E-state index is 11.5. The molecule has 0 spiro atoms. The van der Waals surface area contributed by atoms with Crippen molar-refractivity contribution in [1.29, 1.82) is 0 Å². The molecule has 48 heavy (non-hydrogen) atoms. The number of amides is 2. The highest BCUT2D eigenvalue weighted by Crippen LogP contribution is 2.26. The minimum absolute atomic E-state index is 0.180. The van der Waals surface area contributed by atoms with Gasteiger partial charge in [0.15, 0.2) is 0 Å². The third-order valence-corrected chi connectivity index (χ3v) is 16.3. The molecule has 6 nitrogen and oxygen atoms in total. The molecule has 0 saturated carbocycles. The fourth-order valence-corrected chi connectivity index (χ4v) is 11.3. The molecule has 0 fully saturated rings. The van der Waals surface area contributed by atoms with E-state index in [1.54, 1.807) is 31.4 Å². The highest BCUT2D eigenvalue weighted by atomic mass is 33.1. The number of rotatable bonds is 29. The molecule has 0 aromatic heterocycles. The number of aliphatic hydroxyl groups is 2. The van der Waals surface area contributed by atoms with Crippen molar-refractivity contribution in [3.05, 3.63) is 96.3 Å². The van der Waals surface area contributed by atoms with Gasteiger partial charge < -0.3 is 20.0 Å². The van der Waals surface area contributed by atoms with Crippen molar-refractivity contribution >= 4 is 54.3 Å². The first-order valence-electron chi connectivity index (χ1n) is 17.2. The van der Waals surface area contributed by atoms with E-state index in [9.17, 15) is 19.8 Å². The first-order chi connectivity index (χ1) is 23.5. The zero-order chi connectivity index (χ0) is 34.7. The zero-order valence-corrected chi connectivity index (χ0v) is 32.2. The largest absolute Gasteiger partial charge is 0.348 e. The summed E-state index contributed by atoms with van der Waals surface area (Å²) >= 11 is 0. The van der Waals surface area contributed by atoms with Crippen LogP contribution in [0.5, 0.6) is 0 Å². The lowest BCUT2D eigenvalue weighted by molar-refractivity contribution is -0.116. The number of carbonyl (C=O) groups excluding carboxylic acids is 2. The summed E-state index contributed by atoms with van der Waals surface area (Å²) in [5, 5.41) is 21.3. The molecular weight excluding hydrogens is 677 g/mol. The van der Waals surface area contributed by atoms with Crippen LogP contribution in [0, 0.1) is 0 Å². The van der Waals surface area contributed by atoms with Gasteiger partial charge >= 0.3 is 0 Å². The van der Waals surface area contributed by atoms with Crippen molar-refractivity contribution in [2.24, 2.45) is 0 Å². The monoisotopic (exact) mass is 734 g/mol. The third-order valence-electron chi connectivity index (χ3n) is 7.96. The van der Waals surface area contributed by atoms with Gasteiger partial charge in [-0.15, -0.1) is 0 Å². The van der Waals surface area contributed by atoms with E-state index in [0.717, 1.165) is 63.1 Å². The van der Waals surface area contributed by atoms with Crippen molar-refractivity contribution in [2.45, 2.75) is 99.4 Å². The summed E-state index contributed by atoms with van der Waals surface area (Å²) in [5.41, 5.74) is 1.63. The maximum Gasteiger partial charge on any atom is 0.231 e. The fourth-order valence-electron chi connectivity index (χ4n) is 5.18. The van der Waals surface area contributed by atoms with Crippen molar-refractivity contribution < 1.29 is 19.8 Å². The summed E-state index contributed by atoms with van der Waals surface area (Å²) in [7, 11) is 3.06. The van der Waals surface area contributed by atoms with Gasteiger partial charge in [0, 0.05) is 62.0 Å². The van der Waals surface area contributed by atoms with Crippen LogP contribution in [0.15, 0.2) is 85.2 Å². The molecule has 4 unspecified atom stereocenters. The van der Waals surface area contributed by atoms with E-state index in [1.165, 1.54) is 49.7 Å². The van der Waals surface area contributed by atoms with Crippen LogP contribution in [0.2, 0.25) is 0 Å². The van der Waals surface area contributed by atoms with E-state index >= 15 is 0 Å². The van der Waals surface area contributed by atoms with Gasteiger partial charge in [-0.25, -0.2) is 0 Å². The number of nitrogens with zero attached hydrogens (tertiary/aromatic N) is 2. The normalized spacial score (nSPS) is 14.2. The summed E-state index contributed by atoms with van der Waals surface area (Å²) in [5.74, 6) is 1.71. The molecule has 0 aliphatic heterocycles. The molecule has 4 atom stereocenters. The molecule has 2 aromatic carbocycles. The molecule has 0 radical (unpaired) electrons. The Morgan fingerprint density at radius 3 is 1.23 bits per heavy atom. The highest BCUT2D eigenvalue weighted by molar-refractivity contribution is 8.74. The Bertz CT molecular complexity index is 1050. The Morgan fingerprint density at radius 1 is 0.583 bits per heavy atom. The van der Waals surface area contributed by atoms with Crippen molar-refractivity contribution in [1.82, 2.24) is 9.80 Å². The first-order valence-corrected chi connectivity index (χ1v) is 23.6. The average molecular weight is 735 g/mol. The van der Waals surface area contributed by atoms with Gasteiger partial charge in [0.2, 0.25) is 23.7 Å². The van der Waals surface area contributed by atoms with E-state index in [0.29, 0.717) is 12.8 Å². The molecule has 10 heteroatoms. The minimum atomic E-state index is -0.423. The van der Waals surface area contributed by atoms with Crippen molar-refractivity contribution in [3.8, 4) is 0 Å². The summed E-state index contributed by atoms with van der Waals surface area (Å²) in [4.78, 5) is 26.4. The average Bonchev–Trinajstić information content (AvgIpc) is 3.12. The van der Waals surface area contributed by atoms with Crippen molar-refractivity contribution in [3.63, 3.8) is 0 Å². The van der Waals surface area contributed by atoms with Gasteiger partial charge in [0.25, 0.3) is 0 Å². The second-order valence-corrected chi connectivity index (χ2v) is 20.2. The van der Waals surface area contributed by atoms with E-state index in [4.69, 9.17) is 0 Å². The van der Waals surface area contributed by atoms with Gasteiger partial charge in [-0.1, -0.05) is 124 Å². The molecule has 0 aliphatic carbocycles. The van der Waals surface area contributed by atoms with Crippen molar-refractivity contribution in [2.75, 3.05) is 25.6 Å². The Hall–Kier alpha value is -1.82. The summed E-state index contributed by atoms with van der Waals surface area (Å²) in [6.45, 7) is 1.43. The second-order valence-electron chi connectivity index (χ2n) is 11.7. The number of carbonyl (C=O) groups is 2. The molecule has 2 amide bonds. The first kappa shape index (κ1) is 42.3. The molecule has 2 rings (SSSR count). The second kappa shape index (κ2) is 27.9.